The van der Waals surface area contributed by atoms with Crippen molar-refractivity contribution < 1.29 is 52.8 Å². The molecule has 11 nitrogen and oxygen atoms in total. The first-order valence-corrected chi connectivity index (χ1v) is 22.3. The van der Waals surface area contributed by atoms with Crippen LogP contribution in [-0.4, -0.2) is 84.8 Å². The van der Waals surface area contributed by atoms with Gasteiger partial charge in [-0.25, -0.2) is 0 Å². The Balaban J connectivity index is 1.11. The van der Waals surface area contributed by atoms with Crippen molar-refractivity contribution in [2.45, 2.75) is 101 Å². The average Bonchev–Trinajstić information content (AvgIpc) is 3.35. The van der Waals surface area contributed by atoms with Gasteiger partial charge >= 0.3 is 0 Å². The van der Waals surface area contributed by atoms with E-state index in [0.29, 0.717) is 6.61 Å². The molecule has 0 amide bonds. The lowest BCUT2D eigenvalue weighted by atomic mass is 9.96. The summed E-state index contributed by atoms with van der Waals surface area (Å²) in [7, 11) is 0. The summed E-state index contributed by atoms with van der Waals surface area (Å²) >= 11 is 0. The predicted molar refractivity (Wildman–Crippen MR) is 243 cm³/mol. The highest BCUT2D eigenvalue weighted by Crippen LogP contribution is 2.35. The minimum atomic E-state index is -1.42. The lowest BCUT2D eigenvalue weighted by molar-refractivity contribution is -0.370. The lowest BCUT2D eigenvalue weighted by Gasteiger charge is -2.49. The van der Waals surface area contributed by atoms with Gasteiger partial charge in [-0.1, -0.05) is 182 Å². The molecule has 2 fully saturated rings. The van der Waals surface area contributed by atoms with Crippen LogP contribution in [0.1, 0.15) is 33.4 Å². The van der Waals surface area contributed by atoms with Crippen LogP contribution in [-0.2, 0) is 82.3 Å². The van der Waals surface area contributed by atoms with E-state index in [1.807, 2.05) is 182 Å². The number of benzene rings is 6. The van der Waals surface area contributed by atoms with E-state index in [1.165, 1.54) is 0 Å². The molecule has 2 aliphatic heterocycles. The molecule has 2 aliphatic rings. The van der Waals surface area contributed by atoms with Crippen molar-refractivity contribution in [1.82, 2.24) is 0 Å². The van der Waals surface area contributed by atoms with E-state index < -0.39 is 61.4 Å². The minimum absolute atomic E-state index is 0.0103. The highest BCUT2D eigenvalue weighted by atomic mass is 16.7. The van der Waals surface area contributed by atoms with Gasteiger partial charge in [0.25, 0.3) is 0 Å². The van der Waals surface area contributed by atoms with Crippen LogP contribution in [0.5, 0.6) is 0 Å². The van der Waals surface area contributed by atoms with Gasteiger partial charge in [0, 0.05) is 0 Å². The molecule has 0 aliphatic carbocycles. The number of hydrogen-bond acceptors (Lipinski definition) is 11. The van der Waals surface area contributed by atoms with Crippen LogP contribution in [0.2, 0.25) is 0 Å². The van der Waals surface area contributed by atoms with Gasteiger partial charge in [0.15, 0.2) is 12.6 Å². The summed E-state index contributed by atoms with van der Waals surface area (Å²) in [6, 6.07) is 58.7. The van der Waals surface area contributed by atoms with Gasteiger partial charge in [-0.15, -0.1) is 0 Å². The molecule has 6 aromatic carbocycles. The molecule has 0 spiro atoms. The summed E-state index contributed by atoms with van der Waals surface area (Å²) in [6.45, 7) is 1.46. The summed E-state index contributed by atoms with van der Waals surface area (Å²) in [5, 5.41) is 24.3. The molecule has 0 radical (unpaired) electrons. The molecule has 2 N–H and O–H groups in total. The molecular weight excluding hydrogens is 825 g/mol. The van der Waals surface area contributed by atoms with Gasteiger partial charge in [0.05, 0.1) is 52.9 Å². The maximum absolute atomic E-state index is 12.5. The molecule has 0 saturated carbocycles. The van der Waals surface area contributed by atoms with Gasteiger partial charge < -0.3 is 52.8 Å². The second-order valence-corrected chi connectivity index (χ2v) is 16.2. The van der Waals surface area contributed by atoms with Crippen molar-refractivity contribution in [1.29, 1.82) is 0 Å². The first-order valence-electron chi connectivity index (χ1n) is 22.3. The number of hydrogen-bond donors (Lipinski definition) is 2. The first kappa shape index (κ1) is 46.4. The Labute approximate surface area is 381 Å². The van der Waals surface area contributed by atoms with Crippen LogP contribution < -0.4 is 0 Å². The molecular formula is C54H58O11. The van der Waals surface area contributed by atoms with Crippen LogP contribution in [0.4, 0.5) is 0 Å². The van der Waals surface area contributed by atoms with E-state index >= 15 is 0 Å². The van der Waals surface area contributed by atoms with E-state index in [0.717, 1.165) is 33.4 Å². The second kappa shape index (κ2) is 24.4. The van der Waals surface area contributed by atoms with Gasteiger partial charge in [-0.05, 0) is 33.4 Å². The Hall–Kier alpha value is -5.12. The smallest absolute Gasteiger partial charge is 0.187 e. The van der Waals surface area contributed by atoms with Crippen molar-refractivity contribution >= 4 is 0 Å². The standard InChI is InChI=1S/C54H58O11/c55-47-50(60-34-42-25-13-4-14-26-42)48(59-33-41-23-11-3-12-24-41)45(37-57-31-39-19-7-1-8-20-39)64-54(47)65-49-46(38-58-32-40-21-9-2-10-22-40)63-53(56)52(62-36-44-29-17-6-18-30-44)51(49)61-35-43-27-15-5-16-28-43/h1-30,45-56H,31-38H2/t45-,46-,47-,48-,49+,50-,51+,52-,53-,54+/m1/s1. The van der Waals surface area contributed by atoms with Gasteiger partial charge in [-0.3, -0.25) is 0 Å². The van der Waals surface area contributed by atoms with Crippen LogP contribution in [0.15, 0.2) is 182 Å². The van der Waals surface area contributed by atoms with Crippen LogP contribution in [0.3, 0.4) is 0 Å². The Morgan fingerprint density at radius 1 is 0.338 bits per heavy atom. The Kier molecular flexibility index (Phi) is 17.4. The van der Waals surface area contributed by atoms with Crippen LogP contribution in [0.25, 0.3) is 0 Å². The summed E-state index contributed by atoms with van der Waals surface area (Å²) in [5.74, 6) is 0. The number of aliphatic hydroxyl groups excluding tert-OH is 2. The van der Waals surface area contributed by atoms with E-state index in [1.54, 1.807) is 0 Å². The van der Waals surface area contributed by atoms with Crippen molar-refractivity contribution in [3.05, 3.63) is 215 Å². The number of ether oxygens (including phenoxy) is 9. The largest absolute Gasteiger partial charge is 0.385 e. The summed E-state index contributed by atoms with van der Waals surface area (Å²) in [6.07, 6.45) is -10.5. The molecule has 340 valence electrons. The Morgan fingerprint density at radius 3 is 1.06 bits per heavy atom. The van der Waals surface area contributed by atoms with Crippen molar-refractivity contribution in [3.8, 4) is 0 Å². The monoisotopic (exact) mass is 882 g/mol. The van der Waals surface area contributed by atoms with Gasteiger partial charge in [0.2, 0.25) is 0 Å². The van der Waals surface area contributed by atoms with Crippen molar-refractivity contribution in [2.24, 2.45) is 0 Å². The first-order chi connectivity index (χ1) is 32.1. The molecule has 2 saturated heterocycles. The molecule has 10 atom stereocenters. The minimum Gasteiger partial charge on any atom is -0.385 e. The third-order valence-electron chi connectivity index (χ3n) is 11.4. The zero-order chi connectivity index (χ0) is 44.5. The quantitative estimate of drug-likeness (QED) is 0.0691. The third-order valence-corrected chi connectivity index (χ3v) is 11.4. The van der Waals surface area contributed by atoms with E-state index in [2.05, 4.69) is 0 Å². The highest BCUT2D eigenvalue weighted by molar-refractivity contribution is 5.18. The summed E-state index contributed by atoms with van der Waals surface area (Å²) in [5.41, 5.74) is 5.63. The normalized spacial score (nSPS) is 25.6. The van der Waals surface area contributed by atoms with Gasteiger partial charge in [-0.2, -0.15) is 0 Å². The Morgan fingerprint density at radius 2 is 0.662 bits per heavy atom. The van der Waals surface area contributed by atoms with Crippen LogP contribution >= 0.6 is 0 Å². The molecule has 6 aromatic rings. The van der Waals surface area contributed by atoms with E-state index in [9.17, 15) is 10.2 Å². The van der Waals surface area contributed by atoms with Gasteiger partial charge in [0.1, 0.15) is 48.8 Å². The molecule has 8 rings (SSSR count). The van der Waals surface area contributed by atoms with E-state index in [4.69, 9.17) is 42.6 Å². The molecule has 0 bridgehead atoms. The molecule has 0 aromatic heterocycles. The highest BCUT2D eigenvalue weighted by Gasteiger charge is 2.53. The molecule has 65 heavy (non-hydrogen) atoms. The fraction of sp³-hybridized carbons (Fsp3) is 0.333. The lowest BCUT2D eigenvalue weighted by Crippen LogP contribution is -2.66. The maximum atomic E-state index is 12.5. The zero-order valence-electron chi connectivity index (χ0n) is 36.3. The Bertz CT molecular complexity index is 2210. The topological polar surface area (TPSA) is 124 Å². The summed E-state index contributed by atoms with van der Waals surface area (Å²) in [4.78, 5) is 0. The fourth-order valence-corrected chi connectivity index (χ4v) is 8.05. The SMILES string of the molecule is O[C@H]1[C@H](O[C@@H]2[C@H](OCc3ccccc3)[C@@H](OCc3ccccc3)[C@H](O)O[C@@H]2COCc2ccccc2)O[C@H](COCc2ccccc2)[C@@H](OCc2ccccc2)[C@@H]1OCc1ccccc1. The number of rotatable bonds is 22. The predicted octanol–water partition coefficient (Wildman–Crippen LogP) is 7.95. The molecule has 2 heterocycles. The zero-order valence-corrected chi connectivity index (χ0v) is 36.3. The fourth-order valence-electron chi connectivity index (χ4n) is 8.05. The number of aliphatic hydroxyl groups is 2. The average molecular weight is 883 g/mol. The second-order valence-electron chi connectivity index (χ2n) is 16.2. The third kappa shape index (κ3) is 13.5. The van der Waals surface area contributed by atoms with Crippen molar-refractivity contribution in [3.63, 3.8) is 0 Å². The van der Waals surface area contributed by atoms with Crippen molar-refractivity contribution in [2.75, 3.05) is 13.2 Å². The maximum Gasteiger partial charge on any atom is 0.187 e. The van der Waals surface area contributed by atoms with Crippen LogP contribution in [0, 0.1) is 0 Å². The summed E-state index contributed by atoms with van der Waals surface area (Å²) < 4.78 is 59.3. The molecule has 0 unspecified atom stereocenters. The molecule has 11 heteroatoms. The van der Waals surface area contributed by atoms with E-state index in [-0.39, 0.29) is 46.2 Å².